The van der Waals surface area contributed by atoms with Crippen LogP contribution in [0.5, 0.6) is 0 Å². The Balaban J connectivity index is 1.84. The number of hydrogen-bond donors (Lipinski definition) is 0. The zero-order valence-electron chi connectivity index (χ0n) is 15.1. The van der Waals surface area contributed by atoms with Crippen molar-refractivity contribution >= 4 is 11.8 Å². The molecule has 25 heavy (non-hydrogen) atoms. The van der Waals surface area contributed by atoms with Gasteiger partial charge in [0.15, 0.2) is 5.82 Å². The molecule has 3 heterocycles. The number of aryl methyl sites for hydroxylation is 2. The Morgan fingerprint density at radius 2 is 2.12 bits per heavy atom. The van der Waals surface area contributed by atoms with Gasteiger partial charge in [0.1, 0.15) is 0 Å². The molecular formula is C16H22N6O3. The third kappa shape index (κ3) is 3.01. The molecule has 0 N–H and O–H groups in total. The molecule has 2 amide bonds. The molecule has 134 valence electrons. The minimum atomic E-state index is -0.460. The Hall–Kier alpha value is -2.71. The van der Waals surface area contributed by atoms with Crippen LogP contribution in [0.1, 0.15) is 35.4 Å². The van der Waals surface area contributed by atoms with Crippen molar-refractivity contribution in [2.24, 2.45) is 13.0 Å². The fourth-order valence-electron chi connectivity index (χ4n) is 3.30. The predicted molar refractivity (Wildman–Crippen MR) is 87.1 cm³/mol. The smallest absolute Gasteiger partial charge is 0.228 e. The molecular weight excluding hydrogens is 324 g/mol. The maximum atomic E-state index is 13.0. The lowest BCUT2D eigenvalue weighted by atomic mass is 9.93. The van der Waals surface area contributed by atoms with Crippen LogP contribution in [0.15, 0.2) is 10.7 Å². The van der Waals surface area contributed by atoms with E-state index < -0.39 is 5.92 Å². The summed E-state index contributed by atoms with van der Waals surface area (Å²) in [6.45, 7) is 3.87. The zero-order chi connectivity index (χ0) is 18.3. The van der Waals surface area contributed by atoms with Gasteiger partial charge in [0.25, 0.3) is 0 Å². The molecule has 1 aliphatic rings. The second-order valence-electron chi connectivity index (χ2n) is 6.49. The van der Waals surface area contributed by atoms with Crippen molar-refractivity contribution < 1.29 is 14.1 Å². The minimum absolute atomic E-state index is 0.0459. The first-order chi connectivity index (χ1) is 11.8. The van der Waals surface area contributed by atoms with Gasteiger partial charge in [-0.05, 0) is 6.92 Å². The predicted octanol–water partition coefficient (Wildman–Crippen LogP) is 0.598. The highest BCUT2D eigenvalue weighted by Crippen LogP contribution is 2.39. The Labute approximate surface area is 145 Å². The van der Waals surface area contributed by atoms with E-state index in [1.165, 1.54) is 0 Å². The average molecular weight is 346 g/mol. The monoisotopic (exact) mass is 346 g/mol. The van der Waals surface area contributed by atoms with Gasteiger partial charge >= 0.3 is 0 Å². The highest BCUT2D eigenvalue weighted by atomic mass is 16.5. The fraction of sp³-hybridized carbons (Fsp3) is 0.562. The normalized spacial score (nSPS) is 20.4. The van der Waals surface area contributed by atoms with Crippen LogP contribution >= 0.6 is 0 Å². The second kappa shape index (κ2) is 6.30. The molecule has 0 saturated carbocycles. The molecule has 3 rings (SSSR count). The molecule has 0 spiro atoms. The Kier molecular flexibility index (Phi) is 4.32. The first kappa shape index (κ1) is 17.1. The van der Waals surface area contributed by atoms with Crippen LogP contribution < -0.4 is 0 Å². The van der Waals surface area contributed by atoms with E-state index in [4.69, 9.17) is 4.52 Å². The Morgan fingerprint density at radius 3 is 2.68 bits per heavy atom. The van der Waals surface area contributed by atoms with E-state index in [1.54, 1.807) is 41.7 Å². The molecule has 9 heteroatoms. The molecule has 1 aliphatic heterocycles. The lowest BCUT2D eigenvalue weighted by Gasteiger charge is -2.27. The Bertz CT molecular complexity index is 811. The fourth-order valence-corrected chi connectivity index (χ4v) is 3.30. The summed E-state index contributed by atoms with van der Waals surface area (Å²) in [6, 6.07) is -0.317. The van der Waals surface area contributed by atoms with Crippen molar-refractivity contribution in [1.29, 1.82) is 0 Å². The standard InChI is InChI=1S/C16H22N6O3/c1-9-12(7-17-22(9)5)15-11(6-14(23)21(15)4)16(24)20(3)8-13-18-10(2)25-19-13/h7,11,15H,6,8H2,1-5H3/t11-,15-/m0/s1. The topological polar surface area (TPSA) is 97.4 Å². The van der Waals surface area contributed by atoms with Gasteiger partial charge in [-0.15, -0.1) is 0 Å². The molecule has 0 aromatic carbocycles. The summed E-state index contributed by atoms with van der Waals surface area (Å²) in [5.41, 5.74) is 1.85. The third-order valence-corrected chi connectivity index (χ3v) is 4.82. The number of likely N-dealkylation sites (tertiary alicyclic amines) is 1. The minimum Gasteiger partial charge on any atom is -0.340 e. The van der Waals surface area contributed by atoms with E-state index >= 15 is 0 Å². The van der Waals surface area contributed by atoms with Gasteiger partial charge in [0.2, 0.25) is 17.7 Å². The highest BCUT2D eigenvalue weighted by Gasteiger charge is 2.45. The first-order valence-electron chi connectivity index (χ1n) is 8.08. The average Bonchev–Trinajstić information content (AvgIpc) is 3.20. The van der Waals surface area contributed by atoms with Gasteiger partial charge in [0, 0.05) is 45.7 Å². The van der Waals surface area contributed by atoms with Gasteiger partial charge in [-0.25, -0.2) is 0 Å². The highest BCUT2D eigenvalue weighted by molar-refractivity contribution is 5.90. The van der Waals surface area contributed by atoms with Crippen molar-refractivity contribution in [3.63, 3.8) is 0 Å². The largest absolute Gasteiger partial charge is 0.340 e. The van der Waals surface area contributed by atoms with Crippen LogP contribution in [-0.4, -0.2) is 55.6 Å². The second-order valence-corrected chi connectivity index (χ2v) is 6.49. The molecule has 0 bridgehead atoms. The van der Waals surface area contributed by atoms with Gasteiger partial charge in [-0.3, -0.25) is 14.3 Å². The van der Waals surface area contributed by atoms with Crippen molar-refractivity contribution in [1.82, 2.24) is 29.7 Å². The van der Waals surface area contributed by atoms with Crippen molar-refractivity contribution in [3.8, 4) is 0 Å². The van der Waals surface area contributed by atoms with E-state index in [0.29, 0.717) is 11.7 Å². The van der Waals surface area contributed by atoms with Gasteiger partial charge in [0.05, 0.1) is 24.7 Å². The molecule has 0 aliphatic carbocycles. The van der Waals surface area contributed by atoms with Gasteiger partial charge in [-0.2, -0.15) is 10.1 Å². The maximum Gasteiger partial charge on any atom is 0.228 e. The molecule has 1 saturated heterocycles. The molecule has 0 radical (unpaired) electrons. The van der Waals surface area contributed by atoms with Gasteiger partial charge < -0.3 is 14.3 Å². The molecule has 2 aromatic heterocycles. The van der Waals surface area contributed by atoms with Crippen molar-refractivity contribution in [2.45, 2.75) is 32.9 Å². The third-order valence-electron chi connectivity index (χ3n) is 4.82. The molecule has 1 fully saturated rings. The van der Waals surface area contributed by atoms with Crippen LogP contribution in [0.3, 0.4) is 0 Å². The van der Waals surface area contributed by atoms with E-state index in [2.05, 4.69) is 15.2 Å². The van der Waals surface area contributed by atoms with E-state index in [-0.39, 0.29) is 30.8 Å². The van der Waals surface area contributed by atoms with Crippen molar-refractivity contribution in [2.75, 3.05) is 14.1 Å². The van der Waals surface area contributed by atoms with Crippen LogP contribution in [0, 0.1) is 19.8 Å². The summed E-state index contributed by atoms with van der Waals surface area (Å²) >= 11 is 0. The number of rotatable bonds is 4. The summed E-state index contributed by atoms with van der Waals surface area (Å²) in [5.74, 6) is 0.276. The number of aromatic nitrogens is 4. The molecule has 2 atom stereocenters. The van der Waals surface area contributed by atoms with E-state index in [0.717, 1.165) is 11.3 Å². The molecule has 2 aromatic rings. The van der Waals surface area contributed by atoms with Crippen LogP contribution in [0.4, 0.5) is 0 Å². The maximum absolute atomic E-state index is 13.0. The Morgan fingerprint density at radius 1 is 1.40 bits per heavy atom. The van der Waals surface area contributed by atoms with E-state index in [1.807, 2.05) is 14.0 Å². The summed E-state index contributed by atoms with van der Waals surface area (Å²) < 4.78 is 6.69. The first-order valence-corrected chi connectivity index (χ1v) is 8.08. The van der Waals surface area contributed by atoms with Crippen LogP contribution in [0.2, 0.25) is 0 Å². The van der Waals surface area contributed by atoms with E-state index in [9.17, 15) is 9.59 Å². The lowest BCUT2D eigenvalue weighted by Crippen LogP contribution is -2.36. The number of carbonyl (C=O) groups excluding carboxylic acids is 2. The molecule has 0 unspecified atom stereocenters. The summed E-state index contributed by atoms with van der Waals surface area (Å²) in [5, 5.41) is 8.07. The molecule has 9 nitrogen and oxygen atoms in total. The van der Waals surface area contributed by atoms with Crippen LogP contribution in [0.25, 0.3) is 0 Å². The number of amides is 2. The van der Waals surface area contributed by atoms with Crippen LogP contribution in [-0.2, 0) is 23.2 Å². The number of hydrogen-bond acceptors (Lipinski definition) is 6. The van der Waals surface area contributed by atoms with Gasteiger partial charge in [-0.1, -0.05) is 5.16 Å². The summed E-state index contributed by atoms with van der Waals surface area (Å²) in [7, 11) is 5.26. The van der Waals surface area contributed by atoms with Crippen molar-refractivity contribution in [3.05, 3.63) is 29.2 Å². The number of nitrogens with zero attached hydrogens (tertiary/aromatic N) is 6. The quantitative estimate of drug-likeness (QED) is 0.804. The zero-order valence-corrected chi connectivity index (χ0v) is 15.1. The summed E-state index contributed by atoms with van der Waals surface area (Å²) in [4.78, 5) is 32.5. The lowest BCUT2D eigenvalue weighted by molar-refractivity contribution is -0.136. The number of carbonyl (C=O) groups is 2. The summed E-state index contributed by atoms with van der Waals surface area (Å²) in [6.07, 6.45) is 1.92. The SMILES string of the molecule is Cc1nc(CN(C)C(=O)[C@H]2CC(=O)N(C)[C@@H]2c2cnn(C)c2C)no1.